The van der Waals surface area contributed by atoms with Crippen molar-refractivity contribution in [2.45, 2.75) is 18.9 Å². The Morgan fingerprint density at radius 1 is 1.56 bits per heavy atom. The normalized spacial score (nSPS) is 17.7. The van der Waals surface area contributed by atoms with Crippen LogP contribution in [0, 0.1) is 0 Å². The number of halogens is 1. The molecule has 0 fully saturated rings. The number of aliphatic carboxylic acids is 1. The van der Waals surface area contributed by atoms with Gasteiger partial charge in [-0.25, -0.2) is 4.79 Å². The van der Waals surface area contributed by atoms with E-state index in [9.17, 15) is 4.79 Å². The van der Waals surface area contributed by atoms with Crippen LogP contribution in [0.3, 0.4) is 0 Å². The molecule has 16 heavy (non-hydrogen) atoms. The van der Waals surface area contributed by atoms with E-state index in [1.807, 2.05) is 12.1 Å². The predicted molar refractivity (Wildman–Crippen MR) is 60.6 cm³/mol. The molecule has 1 aliphatic heterocycles. The van der Waals surface area contributed by atoms with Gasteiger partial charge in [0.25, 0.3) is 0 Å². The standard InChI is InChI=1S/C11H12O4.ClH/c1-14-8-4-2-3-7-5-6-9(11(12)13)15-10(7)8;/h2-4,9H,5-6H2,1H3,(H,12,13);1H. The van der Waals surface area contributed by atoms with Crippen LogP contribution in [0.4, 0.5) is 0 Å². The molecule has 0 saturated carbocycles. The summed E-state index contributed by atoms with van der Waals surface area (Å²) >= 11 is 0. The third kappa shape index (κ3) is 2.22. The lowest BCUT2D eigenvalue weighted by Crippen LogP contribution is -2.31. The van der Waals surface area contributed by atoms with Crippen LogP contribution in [0.5, 0.6) is 11.5 Å². The minimum absolute atomic E-state index is 0. The van der Waals surface area contributed by atoms with Crippen molar-refractivity contribution in [1.29, 1.82) is 0 Å². The Kier molecular flexibility index (Phi) is 4.01. The van der Waals surface area contributed by atoms with Gasteiger partial charge in [0.05, 0.1) is 7.11 Å². The maximum absolute atomic E-state index is 10.8. The number of methoxy groups -OCH3 is 1. The topological polar surface area (TPSA) is 55.8 Å². The van der Waals surface area contributed by atoms with Crippen LogP contribution in [0.15, 0.2) is 18.2 Å². The van der Waals surface area contributed by atoms with E-state index in [0.29, 0.717) is 24.3 Å². The molecule has 1 N–H and O–H groups in total. The van der Waals surface area contributed by atoms with Crippen molar-refractivity contribution in [3.05, 3.63) is 23.8 Å². The minimum Gasteiger partial charge on any atom is -0.493 e. The first-order valence-electron chi connectivity index (χ1n) is 4.77. The maximum Gasteiger partial charge on any atom is 0.344 e. The highest BCUT2D eigenvalue weighted by atomic mass is 35.5. The Bertz CT molecular complexity index is 377. The van der Waals surface area contributed by atoms with Crippen molar-refractivity contribution in [3.63, 3.8) is 0 Å². The monoisotopic (exact) mass is 244 g/mol. The largest absolute Gasteiger partial charge is 0.493 e. The zero-order valence-electron chi connectivity index (χ0n) is 8.80. The molecule has 0 aliphatic carbocycles. The summed E-state index contributed by atoms with van der Waals surface area (Å²) < 4.78 is 10.5. The maximum atomic E-state index is 10.8. The summed E-state index contributed by atoms with van der Waals surface area (Å²) in [6.07, 6.45) is 0.465. The highest BCUT2D eigenvalue weighted by molar-refractivity contribution is 5.85. The molecule has 1 aliphatic rings. The second-order valence-electron chi connectivity index (χ2n) is 3.43. The lowest BCUT2D eigenvalue weighted by molar-refractivity contribution is -0.145. The highest BCUT2D eigenvalue weighted by Crippen LogP contribution is 2.36. The molecule has 1 heterocycles. The first-order chi connectivity index (χ1) is 7.22. The first-order valence-corrected chi connectivity index (χ1v) is 4.77. The fourth-order valence-corrected chi connectivity index (χ4v) is 1.71. The number of para-hydroxylation sites is 1. The fourth-order valence-electron chi connectivity index (χ4n) is 1.71. The van der Waals surface area contributed by atoms with E-state index in [4.69, 9.17) is 14.6 Å². The minimum atomic E-state index is -0.924. The van der Waals surface area contributed by atoms with Crippen molar-refractivity contribution < 1.29 is 19.4 Å². The Balaban J connectivity index is 0.00000128. The van der Waals surface area contributed by atoms with Gasteiger partial charge in [-0.05, 0) is 24.5 Å². The van der Waals surface area contributed by atoms with Gasteiger partial charge >= 0.3 is 5.97 Å². The van der Waals surface area contributed by atoms with E-state index < -0.39 is 12.1 Å². The summed E-state index contributed by atoms with van der Waals surface area (Å²) in [6, 6.07) is 5.57. The zero-order valence-corrected chi connectivity index (χ0v) is 9.62. The van der Waals surface area contributed by atoms with Crippen molar-refractivity contribution in [3.8, 4) is 11.5 Å². The van der Waals surface area contributed by atoms with Crippen LogP contribution in [0.25, 0.3) is 0 Å². The van der Waals surface area contributed by atoms with Crippen LogP contribution < -0.4 is 9.47 Å². The number of carboxylic acid groups (broad SMARTS) is 1. The summed E-state index contributed by atoms with van der Waals surface area (Å²) in [7, 11) is 1.54. The number of benzene rings is 1. The highest BCUT2D eigenvalue weighted by Gasteiger charge is 2.27. The van der Waals surface area contributed by atoms with E-state index in [-0.39, 0.29) is 12.4 Å². The molecule has 1 unspecified atom stereocenters. The molecule has 0 saturated heterocycles. The number of aryl methyl sites for hydroxylation is 1. The van der Waals surface area contributed by atoms with Crippen molar-refractivity contribution in [1.82, 2.24) is 0 Å². The molecular weight excluding hydrogens is 232 g/mol. The molecule has 1 aromatic rings. The molecule has 2 rings (SSSR count). The van der Waals surface area contributed by atoms with E-state index in [2.05, 4.69) is 0 Å². The average molecular weight is 245 g/mol. The number of carboxylic acids is 1. The van der Waals surface area contributed by atoms with E-state index in [0.717, 1.165) is 5.56 Å². The number of rotatable bonds is 2. The van der Waals surface area contributed by atoms with Gasteiger partial charge in [-0.1, -0.05) is 12.1 Å². The van der Waals surface area contributed by atoms with Crippen LogP contribution >= 0.6 is 12.4 Å². The van der Waals surface area contributed by atoms with Gasteiger partial charge in [-0.15, -0.1) is 12.4 Å². The Labute approximate surface area is 99.6 Å². The van der Waals surface area contributed by atoms with Gasteiger partial charge in [0, 0.05) is 0 Å². The smallest absolute Gasteiger partial charge is 0.344 e. The number of hydrogen-bond acceptors (Lipinski definition) is 3. The third-order valence-electron chi connectivity index (χ3n) is 2.49. The number of fused-ring (bicyclic) bond motifs is 1. The van der Waals surface area contributed by atoms with Gasteiger partial charge in [-0.2, -0.15) is 0 Å². The van der Waals surface area contributed by atoms with Crippen LogP contribution in [-0.4, -0.2) is 24.3 Å². The second-order valence-corrected chi connectivity index (χ2v) is 3.43. The van der Waals surface area contributed by atoms with Gasteiger partial charge in [0.2, 0.25) is 0 Å². The summed E-state index contributed by atoms with van der Waals surface area (Å²) in [5.41, 5.74) is 1.01. The van der Waals surface area contributed by atoms with Crippen LogP contribution in [0.1, 0.15) is 12.0 Å². The van der Waals surface area contributed by atoms with Gasteiger partial charge in [-0.3, -0.25) is 0 Å². The lowest BCUT2D eigenvalue weighted by atomic mass is 10.0. The molecule has 1 atom stereocenters. The SMILES string of the molecule is COc1cccc2c1OC(C(=O)O)CC2.Cl. The van der Waals surface area contributed by atoms with Crippen LogP contribution in [-0.2, 0) is 11.2 Å². The Morgan fingerprint density at radius 2 is 2.31 bits per heavy atom. The van der Waals surface area contributed by atoms with E-state index in [1.165, 1.54) is 0 Å². The van der Waals surface area contributed by atoms with Crippen molar-refractivity contribution in [2.75, 3.05) is 7.11 Å². The summed E-state index contributed by atoms with van der Waals surface area (Å²) in [6.45, 7) is 0. The molecule has 5 heteroatoms. The van der Waals surface area contributed by atoms with Gasteiger partial charge < -0.3 is 14.6 Å². The molecule has 88 valence electrons. The second kappa shape index (κ2) is 5.07. The summed E-state index contributed by atoms with van der Waals surface area (Å²) in [5, 5.41) is 8.86. The number of hydrogen-bond donors (Lipinski definition) is 1. The molecule has 0 amide bonds. The van der Waals surface area contributed by atoms with E-state index >= 15 is 0 Å². The molecule has 0 aromatic heterocycles. The molecule has 0 bridgehead atoms. The summed E-state index contributed by atoms with van der Waals surface area (Å²) in [4.78, 5) is 10.8. The van der Waals surface area contributed by atoms with Crippen molar-refractivity contribution in [2.24, 2.45) is 0 Å². The van der Waals surface area contributed by atoms with Gasteiger partial charge in [0.15, 0.2) is 17.6 Å². The molecular formula is C11H13ClO4. The predicted octanol–water partition coefficient (Wildman–Crippen LogP) is 1.90. The summed E-state index contributed by atoms with van der Waals surface area (Å²) in [5.74, 6) is 0.239. The van der Waals surface area contributed by atoms with E-state index in [1.54, 1.807) is 13.2 Å². The molecule has 1 aromatic carbocycles. The molecule has 4 nitrogen and oxygen atoms in total. The number of ether oxygens (including phenoxy) is 2. The molecule has 0 radical (unpaired) electrons. The van der Waals surface area contributed by atoms with Gasteiger partial charge in [0.1, 0.15) is 0 Å². The Hall–Kier alpha value is -1.42. The van der Waals surface area contributed by atoms with Crippen LogP contribution in [0.2, 0.25) is 0 Å². The number of carbonyl (C=O) groups is 1. The average Bonchev–Trinajstić information content (AvgIpc) is 2.27. The Morgan fingerprint density at radius 3 is 2.94 bits per heavy atom. The first kappa shape index (κ1) is 12.6. The lowest BCUT2D eigenvalue weighted by Gasteiger charge is -2.24. The zero-order chi connectivity index (χ0) is 10.8. The molecule has 0 spiro atoms. The quantitative estimate of drug-likeness (QED) is 0.863. The third-order valence-corrected chi connectivity index (χ3v) is 2.49. The van der Waals surface area contributed by atoms with Crippen molar-refractivity contribution >= 4 is 18.4 Å². The fraction of sp³-hybridized carbons (Fsp3) is 0.364.